The zero-order valence-corrected chi connectivity index (χ0v) is 17.1. The first kappa shape index (κ1) is 20.2. The molecule has 0 aliphatic heterocycles. The van der Waals surface area contributed by atoms with Gasteiger partial charge in [-0.2, -0.15) is 8.78 Å². The summed E-state index contributed by atoms with van der Waals surface area (Å²) < 4.78 is 32.4. The largest absolute Gasteiger partial charge is 0.415 e. The van der Waals surface area contributed by atoms with Gasteiger partial charge in [0, 0.05) is 17.3 Å². The van der Waals surface area contributed by atoms with Gasteiger partial charge in [0.05, 0.1) is 12.2 Å². The van der Waals surface area contributed by atoms with Crippen molar-refractivity contribution in [1.82, 2.24) is 30.2 Å². The van der Waals surface area contributed by atoms with Gasteiger partial charge in [-0.3, -0.25) is 0 Å². The third-order valence-corrected chi connectivity index (χ3v) is 5.86. The van der Waals surface area contributed by atoms with E-state index in [0.717, 1.165) is 23.2 Å². The molecule has 0 saturated heterocycles. The Kier molecular flexibility index (Phi) is 5.34. The van der Waals surface area contributed by atoms with Crippen LogP contribution in [0.3, 0.4) is 0 Å². The summed E-state index contributed by atoms with van der Waals surface area (Å²) >= 11 is 0. The number of pyridine rings is 1. The van der Waals surface area contributed by atoms with E-state index in [2.05, 4.69) is 25.5 Å². The number of hydrogen-bond acceptors (Lipinski definition) is 7. The second-order valence-corrected chi connectivity index (χ2v) is 7.97. The molecule has 1 unspecified atom stereocenters. The fourth-order valence-corrected chi connectivity index (χ4v) is 3.85. The van der Waals surface area contributed by atoms with E-state index in [4.69, 9.17) is 10.2 Å². The molecule has 0 spiro atoms. The Morgan fingerprint density at radius 1 is 1.03 bits per heavy atom. The molecule has 8 nitrogen and oxygen atoms in total. The molecular formula is C22H21F2N7O. The number of anilines is 1. The van der Waals surface area contributed by atoms with Gasteiger partial charge in [0.25, 0.3) is 5.89 Å². The molecule has 5 rings (SSSR count). The highest BCUT2D eigenvalue weighted by molar-refractivity contribution is 5.58. The molecule has 2 N–H and O–H groups in total. The standard InChI is InChI=1S/C22H21F2N7O/c23-20(24)22-29-28-21(32-22)15-6-4-14(5-7-15)18(10-13-2-1-3-13)31-12-17(27-30-31)16-8-9-19(25)26-11-16/h4-9,11-13,18,20H,1-3,10H2,(H2,25,26). The lowest BCUT2D eigenvalue weighted by Gasteiger charge is -2.30. The second kappa shape index (κ2) is 8.45. The van der Waals surface area contributed by atoms with E-state index in [-0.39, 0.29) is 11.9 Å². The van der Waals surface area contributed by atoms with Gasteiger partial charge in [0.15, 0.2) is 0 Å². The molecule has 164 valence electrons. The van der Waals surface area contributed by atoms with Crippen LogP contribution in [0.15, 0.2) is 53.2 Å². The zero-order valence-electron chi connectivity index (χ0n) is 17.1. The highest BCUT2D eigenvalue weighted by Gasteiger charge is 2.26. The summed E-state index contributed by atoms with van der Waals surface area (Å²) in [6, 6.07) is 11.1. The van der Waals surface area contributed by atoms with Gasteiger partial charge < -0.3 is 10.2 Å². The van der Waals surface area contributed by atoms with Crippen LogP contribution in [0.4, 0.5) is 14.6 Å². The van der Waals surface area contributed by atoms with E-state index < -0.39 is 12.3 Å². The number of alkyl halides is 2. The summed E-state index contributed by atoms with van der Waals surface area (Å²) in [7, 11) is 0. The predicted octanol–water partition coefficient (Wildman–Crippen LogP) is 4.69. The first-order chi connectivity index (χ1) is 15.6. The van der Waals surface area contributed by atoms with Crippen molar-refractivity contribution < 1.29 is 13.2 Å². The monoisotopic (exact) mass is 437 g/mol. The number of nitrogens with zero attached hydrogens (tertiary/aromatic N) is 6. The summed E-state index contributed by atoms with van der Waals surface area (Å²) in [6.07, 6.45) is 5.40. The van der Waals surface area contributed by atoms with Crippen molar-refractivity contribution in [3.05, 3.63) is 60.2 Å². The number of nitrogens with two attached hydrogens (primary N) is 1. The van der Waals surface area contributed by atoms with Gasteiger partial charge in [-0.15, -0.1) is 15.3 Å². The maximum absolute atomic E-state index is 12.7. The van der Waals surface area contributed by atoms with Crippen LogP contribution >= 0.6 is 0 Å². The highest BCUT2D eigenvalue weighted by atomic mass is 19.3. The van der Waals surface area contributed by atoms with Crippen molar-refractivity contribution >= 4 is 5.82 Å². The fraction of sp³-hybridized carbons (Fsp3) is 0.318. The third kappa shape index (κ3) is 4.08. The van der Waals surface area contributed by atoms with Gasteiger partial charge in [-0.25, -0.2) is 9.67 Å². The van der Waals surface area contributed by atoms with Crippen molar-refractivity contribution in [2.24, 2.45) is 5.92 Å². The van der Waals surface area contributed by atoms with Crippen molar-refractivity contribution in [2.45, 2.75) is 38.2 Å². The molecule has 1 saturated carbocycles. The molecule has 0 amide bonds. The highest BCUT2D eigenvalue weighted by Crippen LogP contribution is 2.37. The van der Waals surface area contributed by atoms with E-state index in [0.29, 0.717) is 17.3 Å². The predicted molar refractivity (Wildman–Crippen MR) is 112 cm³/mol. The van der Waals surface area contributed by atoms with Crippen LogP contribution in [0.2, 0.25) is 0 Å². The topological polar surface area (TPSA) is 109 Å². The van der Waals surface area contributed by atoms with E-state index in [1.165, 1.54) is 19.3 Å². The smallest absolute Gasteiger partial charge is 0.314 e. The maximum atomic E-state index is 12.7. The van der Waals surface area contributed by atoms with Crippen LogP contribution < -0.4 is 5.73 Å². The molecule has 1 atom stereocenters. The van der Waals surface area contributed by atoms with E-state index in [1.807, 2.05) is 29.1 Å². The van der Waals surface area contributed by atoms with Crippen LogP contribution in [-0.4, -0.2) is 30.2 Å². The fourth-order valence-electron chi connectivity index (χ4n) is 3.85. The van der Waals surface area contributed by atoms with Crippen molar-refractivity contribution in [3.8, 4) is 22.7 Å². The summed E-state index contributed by atoms with van der Waals surface area (Å²) in [4.78, 5) is 4.12. The maximum Gasteiger partial charge on any atom is 0.314 e. The summed E-state index contributed by atoms with van der Waals surface area (Å²) in [5.41, 5.74) is 8.87. The average molecular weight is 437 g/mol. The number of aromatic nitrogens is 6. The molecule has 1 fully saturated rings. The van der Waals surface area contributed by atoms with Gasteiger partial charge in [0.2, 0.25) is 5.89 Å². The van der Waals surface area contributed by atoms with Crippen molar-refractivity contribution in [3.63, 3.8) is 0 Å². The SMILES string of the molecule is Nc1ccc(-c2cn(C(CC3CCC3)c3ccc(-c4nnc(C(F)F)o4)cc3)nn2)cn1. The Morgan fingerprint density at radius 3 is 2.44 bits per heavy atom. The molecule has 0 bridgehead atoms. The van der Waals surface area contributed by atoms with Crippen LogP contribution in [-0.2, 0) is 0 Å². The molecule has 0 radical (unpaired) electrons. The van der Waals surface area contributed by atoms with Crippen molar-refractivity contribution in [2.75, 3.05) is 5.73 Å². The van der Waals surface area contributed by atoms with E-state index in [1.54, 1.807) is 24.4 Å². The lowest BCUT2D eigenvalue weighted by molar-refractivity contribution is 0.116. The minimum atomic E-state index is -2.79. The molecule has 10 heteroatoms. The lowest BCUT2D eigenvalue weighted by atomic mass is 9.79. The summed E-state index contributed by atoms with van der Waals surface area (Å²) in [6.45, 7) is 0. The molecule has 3 heterocycles. The van der Waals surface area contributed by atoms with Crippen LogP contribution in [0.1, 0.15) is 49.6 Å². The number of benzene rings is 1. The van der Waals surface area contributed by atoms with Crippen LogP contribution in [0.5, 0.6) is 0 Å². The normalized spacial score (nSPS) is 15.1. The minimum absolute atomic E-state index is 0.00310. The molecule has 1 aliphatic rings. The number of hydrogen-bond donors (Lipinski definition) is 1. The number of rotatable bonds is 7. The number of nitrogen functional groups attached to an aromatic ring is 1. The Morgan fingerprint density at radius 2 is 1.81 bits per heavy atom. The average Bonchev–Trinajstić information content (AvgIpc) is 3.44. The Balaban J connectivity index is 1.42. The second-order valence-electron chi connectivity index (χ2n) is 7.97. The molecule has 4 aromatic rings. The molecule has 1 aliphatic carbocycles. The first-order valence-electron chi connectivity index (χ1n) is 10.4. The number of halogens is 2. The minimum Gasteiger partial charge on any atom is -0.415 e. The molecule has 3 aromatic heterocycles. The van der Waals surface area contributed by atoms with Crippen LogP contribution in [0.25, 0.3) is 22.7 Å². The Labute approximate surface area is 182 Å². The van der Waals surface area contributed by atoms with E-state index >= 15 is 0 Å². The molecular weight excluding hydrogens is 416 g/mol. The van der Waals surface area contributed by atoms with Gasteiger partial charge in [0.1, 0.15) is 11.5 Å². The zero-order chi connectivity index (χ0) is 22.1. The molecule has 32 heavy (non-hydrogen) atoms. The Bertz CT molecular complexity index is 1180. The van der Waals surface area contributed by atoms with Gasteiger partial charge in [-0.1, -0.05) is 36.6 Å². The third-order valence-electron chi connectivity index (χ3n) is 5.86. The van der Waals surface area contributed by atoms with Crippen LogP contribution in [0, 0.1) is 5.92 Å². The van der Waals surface area contributed by atoms with Gasteiger partial charge in [-0.05, 0) is 42.2 Å². The Hall–Kier alpha value is -3.69. The summed E-state index contributed by atoms with van der Waals surface area (Å²) in [5, 5.41) is 15.8. The van der Waals surface area contributed by atoms with Crippen molar-refractivity contribution in [1.29, 1.82) is 0 Å². The van der Waals surface area contributed by atoms with E-state index in [9.17, 15) is 8.78 Å². The molecule has 1 aromatic carbocycles. The lowest BCUT2D eigenvalue weighted by Crippen LogP contribution is -2.20. The first-order valence-corrected chi connectivity index (χ1v) is 10.4. The summed E-state index contributed by atoms with van der Waals surface area (Å²) in [5.74, 6) is 0.474. The quantitative estimate of drug-likeness (QED) is 0.447. The van der Waals surface area contributed by atoms with Gasteiger partial charge >= 0.3 is 6.43 Å².